The molecule has 0 saturated carbocycles. The minimum absolute atomic E-state index is 0.219. The van der Waals surface area contributed by atoms with E-state index in [-0.39, 0.29) is 16.9 Å². The molecule has 2 fully saturated rings. The summed E-state index contributed by atoms with van der Waals surface area (Å²) in [6.07, 6.45) is -17.3. The molecular weight excluding hydrogens is 576 g/mol. The average molecular weight is 609 g/mol. The van der Waals surface area contributed by atoms with E-state index in [9.17, 15) is 55.9 Å². The van der Waals surface area contributed by atoms with Gasteiger partial charge in [0.15, 0.2) is 0 Å². The van der Waals surface area contributed by atoms with E-state index in [1.807, 2.05) is 0 Å². The molecule has 15 heteroatoms. The van der Waals surface area contributed by atoms with Crippen molar-refractivity contribution in [2.24, 2.45) is 0 Å². The normalized spacial score (nSPS) is 33.0. The van der Waals surface area contributed by atoms with Gasteiger partial charge < -0.3 is 69.7 Å². The third-order valence-corrected chi connectivity index (χ3v) is 7.92. The monoisotopic (exact) mass is 608 g/mol. The van der Waals surface area contributed by atoms with Gasteiger partial charge in [0.05, 0.1) is 31.5 Å². The molecule has 0 amide bonds. The molecule has 3 aromatic rings. The Morgan fingerprint density at radius 1 is 0.744 bits per heavy atom. The number of methoxy groups -OCH3 is 1. The number of phenolic OH excluding ortho intramolecular Hbond substituents is 2. The van der Waals surface area contributed by atoms with Crippen molar-refractivity contribution in [1.29, 1.82) is 0 Å². The fraction of sp³-hybridized carbons (Fsp3) is 0.464. The van der Waals surface area contributed by atoms with Crippen LogP contribution in [0.1, 0.15) is 23.3 Å². The molecule has 234 valence electrons. The highest BCUT2D eigenvalue weighted by atomic mass is 16.6. The lowest BCUT2D eigenvalue weighted by Gasteiger charge is -2.40. The van der Waals surface area contributed by atoms with E-state index in [4.69, 9.17) is 18.6 Å². The molecule has 43 heavy (non-hydrogen) atoms. The van der Waals surface area contributed by atoms with Crippen molar-refractivity contribution in [2.45, 2.75) is 61.0 Å². The van der Waals surface area contributed by atoms with E-state index in [2.05, 4.69) is 0 Å². The van der Waals surface area contributed by atoms with Crippen LogP contribution in [0.25, 0.3) is 22.3 Å². The quantitative estimate of drug-likeness (QED) is 0.144. The summed E-state index contributed by atoms with van der Waals surface area (Å²) in [7, 11) is 1.43. The summed E-state index contributed by atoms with van der Waals surface area (Å²) < 4.78 is 22.3. The Kier molecular flexibility index (Phi) is 8.65. The van der Waals surface area contributed by atoms with Crippen LogP contribution in [0.3, 0.4) is 0 Å². The summed E-state index contributed by atoms with van der Waals surface area (Å²) in [5.74, 6) is -1.47. The standard InChI is InChI=1S/C28H32O15/c1-40-10-4-2-9(3-5-10)26-17(28-25(39)23(37)19(33)14(8-30)43-28)21(35)16-12(41-26)6-11(31)15(20(16)34)27-24(38)22(36)18(32)13(7-29)42-27/h2-6,13-14,18-19,22-25,27-34,36-39H,7-8H2,1H3/t13-,14-,18-,19-,22+,23+,24-,25-,27+,28+/m1/s1. The second-order valence-corrected chi connectivity index (χ2v) is 10.4. The van der Waals surface area contributed by atoms with Gasteiger partial charge in [-0.25, -0.2) is 0 Å². The van der Waals surface area contributed by atoms with Crippen molar-refractivity contribution >= 4 is 11.0 Å². The molecule has 3 heterocycles. The van der Waals surface area contributed by atoms with Crippen LogP contribution < -0.4 is 10.2 Å². The highest BCUT2D eigenvalue weighted by molar-refractivity contribution is 5.89. The molecule has 5 rings (SSSR count). The van der Waals surface area contributed by atoms with E-state index in [1.54, 1.807) is 0 Å². The molecule has 0 radical (unpaired) electrons. The number of fused-ring (bicyclic) bond motifs is 1. The molecule has 0 bridgehead atoms. The Morgan fingerprint density at radius 3 is 1.74 bits per heavy atom. The molecule has 0 spiro atoms. The second kappa shape index (κ2) is 12.0. The molecule has 0 aliphatic carbocycles. The molecular formula is C28H32O15. The van der Waals surface area contributed by atoms with Crippen LogP contribution >= 0.6 is 0 Å². The predicted octanol–water partition coefficient (Wildman–Crippen LogP) is -2.09. The molecule has 2 aliphatic rings. The van der Waals surface area contributed by atoms with E-state index in [0.717, 1.165) is 6.07 Å². The Hall–Kier alpha value is -3.35. The maximum atomic E-state index is 14.2. The Labute approximate surface area is 242 Å². The maximum Gasteiger partial charge on any atom is 0.203 e. The van der Waals surface area contributed by atoms with Crippen LogP contribution in [-0.2, 0) is 9.47 Å². The molecule has 2 aromatic carbocycles. The summed E-state index contributed by atoms with van der Waals surface area (Å²) in [6, 6.07) is 7.01. The minimum Gasteiger partial charge on any atom is -0.507 e. The summed E-state index contributed by atoms with van der Waals surface area (Å²) in [6.45, 7) is -1.59. The number of hydrogen-bond acceptors (Lipinski definition) is 15. The maximum absolute atomic E-state index is 14.2. The lowest BCUT2D eigenvalue weighted by molar-refractivity contribution is -0.232. The first-order valence-electron chi connectivity index (χ1n) is 13.3. The van der Waals surface area contributed by atoms with Crippen molar-refractivity contribution < 1.29 is 69.7 Å². The van der Waals surface area contributed by atoms with E-state index in [0.29, 0.717) is 5.75 Å². The number of aromatic hydroxyl groups is 2. The van der Waals surface area contributed by atoms with Crippen LogP contribution in [0, 0.1) is 0 Å². The fourth-order valence-electron chi connectivity index (χ4n) is 5.53. The van der Waals surface area contributed by atoms with Crippen LogP contribution in [-0.4, -0.2) is 120 Å². The smallest absolute Gasteiger partial charge is 0.203 e. The predicted molar refractivity (Wildman–Crippen MR) is 143 cm³/mol. The SMILES string of the molecule is COc1ccc(-c2oc3cc(O)c([C@@H]4O[C@H](CO)[C@@H](O)[C@H](O)[C@H]4O)c(O)c3c(=O)c2[C@@H]2O[C@H](CO)[C@@H](O)[C@H](O)[C@H]2O)cc1. The summed E-state index contributed by atoms with van der Waals surface area (Å²) in [5, 5.41) is 104. The lowest BCUT2D eigenvalue weighted by atomic mass is 9.87. The first-order valence-corrected chi connectivity index (χ1v) is 13.3. The Balaban J connectivity index is 1.77. The minimum atomic E-state index is -1.93. The molecule has 10 N–H and O–H groups in total. The zero-order valence-electron chi connectivity index (χ0n) is 22.6. The van der Waals surface area contributed by atoms with Gasteiger partial charge in [-0.05, 0) is 24.3 Å². The molecule has 0 unspecified atom stereocenters. The van der Waals surface area contributed by atoms with Gasteiger partial charge in [0, 0.05) is 11.6 Å². The summed E-state index contributed by atoms with van der Waals surface area (Å²) in [4.78, 5) is 14.2. The van der Waals surface area contributed by atoms with Crippen molar-refractivity contribution in [3.8, 4) is 28.6 Å². The number of rotatable bonds is 6. The van der Waals surface area contributed by atoms with Crippen molar-refractivity contribution in [3.05, 3.63) is 51.7 Å². The lowest BCUT2D eigenvalue weighted by Crippen LogP contribution is -2.56. The largest absolute Gasteiger partial charge is 0.507 e. The fourth-order valence-corrected chi connectivity index (χ4v) is 5.53. The zero-order valence-corrected chi connectivity index (χ0v) is 22.6. The van der Waals surface area contributed by atoms with Gasteiger partial charge in [-0.1, -0.05) is 0 Å². The van der Waals surface area contributed by atoms with Gasteiger partial charge in [0.1, 0.15) is 95.0 Å². The van der Waals surface area contributed by atoms with Crippen molar-refractivity contribution in [2.75, 3.05) is 20.3 Å². The number of hydrogen-bond donors (Lipinski definition) is 10. The van der Waals surface area contributed by atoms with E-state index < -0.39 is 108 Å². The highest BCUT2D eigenvalue weighted by Gasteiger charge is 2.48. The van der Waals surface area contributed by atoms with Crippen LogP contribution in [0.15, 0.2) is 39.5 Å². The third-order valence-electron chi connectivity index (χ3n) is 7.92. The first-order chi connectivity index (χ1) is 20.4. The molecule has 15 nitrogen and oxygen atoms in total. The molecule has 1 aromatic heterocycles. The third kappa shape index (κ3) is 5.12. The van der Waals surface area contributed by atoms with Crippen molar-refractivity contribution in [3.63, 3.8) is 0 Å². The van der Waals surface area contributed by atoms with Gasteiger partial charge in [-0.15, -0.1) is 0 Å². The van der Waals surface area contributed by atoms with E-state index >= 15 is 0 Å². The Morgan fingerprint density at radius 2 is 1.26 bits per heavy atom. The van der Waals surface area contributed by atoms with E-state index in [1.165, 1.54) is 31.4 Å². The topological polar surface area (TPSA) is 260 Å². The van der Waals surface area contributed by atoms with Gasteiger partial charge in [-0.2, -0.15) is 0 Å². The van der Waals surface area contributed by atoms with Crippen LogP contribution in [0.5, 0.6) is 17.2 Å². The zero-order chi connectivity index (χ0) is 31.3. The average Bonchev–Trinajstić information content (AvgIpc) is 3.00. The number of benzene rings is 2. The van der Waals surface area contributed by atoms with Gasteiger partial charge in [0.2, 0.25) is 5.43 Å². The number of ether oxygens (including phenoxy) is 3. The molecule has 2 aliphatic heterocycles. The summed E-state index contributed by atoms with van der Waals surface area (Å²) in [5.41, 5.74) is -2.17. The Bertz CT molecular complexity index is 1520. The van der Waals surface area contributed by atoms with Crippen LogP contribution in [0.2, 0.25) is 0 Å². The first kappa shape index (κ1) is 31.1. The number of aliphatic hydroxyl groups is 8. The molecule has 10 atom stereocenters. The van der Waals surface area contributed by atoms with Crippen LogP contribution in [0.4, 0.5) is 0 Å². The number of phenols is 2. The van der Waals surface area contributed by atoms with Gasteiger partial charge in [0.25, 0.3) is 0 Å². The van der Waals surface area contributed by atoms with Gasteiger partial charge >= 0.3 is 0 Å². The molecule has 2 saturated heterocycles. The highest BCUT2D eigenvalue weighted by Crippen LogP contribution is 2.46. The van der Waals surface area contributed by atoms with Crippen molar-refractivity contribution in [1.82, 2.24) is 0 Å². The van der Waals surface area contributed by atoms with Gasteiger partial charge in [-0.3, -0.25) is 4.79 Å². The number of aliphatic hydroxyl groups excluding tert-OH is 8. The summed E-state index contributed by atoms with van der Waals surface area (Å²) >= 11 is 0. The second-order valence-electron chi connectivity index (χ2n) is 10.4.